The van der Waals surface area contributed by atoms with Crippen molar-refractivity contribution < 1.29 is 9.90 Å². The zero-order valence-corrected chi connectivity index (χ0v) is 9.70. The normalized spacial score (nSPS) is 24.1. The maximum atomic E-state index is 11.7. The van der Waals surface area contributed by atoms with Gasteiger partial charge in [0.25, 0.3) is 0 Å². The predicted octanol–water partition coefficient (Wildman–Crippen LogP) is 0.215. The van der Waals surface area contributed by atoms with Gasteiger partial charge in [-0.25, -0.2) is 0 Å². The summed E-state index contributed by atoms with van der Waals surface area (Å²) in [5, 5.41) is 11.9. The third kappa shape index (κ3) is 3.47. The number of nitrogens with zero attached hydrogens (tertiary/aromatic N) is 1. The van der Waals surface area contributed by atoms with Gasteiger partial charge in [-0.1, -0.05) is 6.92 Å². The summed E-state index contributed by atoms with van der Waals surface area (Å²) in [6.45, 7) is 6.73. The Hall–Kier alpha value is -0.610. The summed E-state index contributed by atoms with van der Waals surface area (Å²) >= 11 is 0. The Morgan fingerprint density at radius 3 is 2.93 bits per heavy atom. The maximum Gasteiger partial charge on any atom is 0.237 e. The van der Waals surface area contributed by atoms with Crippen molar-refractivity contribution in [2.75, 3.05) is 26.2 Å². The van der Waals surface area contributed by atoms with Gasteiger partial charge >= 0.3 is 0 Å². The van der Waals surface area contributed by atoms with E-state index in [1.807, 2.05) is 13.8 Å². The highest BCUT2D eigenvalue weighted by atomic mass is 16.3. The monoisotopic (exact) mass is 214 g/mol. The highest BCUT2D eigenvalue weighted by Crippen LogP contribution is 2.17. The van der Waals surface area contributed by atoms with Gasteiger partial charge in [0.2, 0.25) is 5.91 Å². The van der Waals surface area contributed by atoms with Crippen LogP contribution in [0.2, 0.25) is 0 Å². The van der Waals surface area contributed by atoms with Crippen LogP contribution in [-0.2, 0) is 4.79 Å². The van der Waals surface area contributed by atoms with E-state index in [-0.39, 0.29) is 18.6 Å². The number of aliphatic hydroxyl groups excluding tert-OH is 1. The number of hydrogen-bond acceptors (Lipinski definition) is 3. The molecule has 0 bridgehead atoms. The lowest BCUT2D eigenvalue weighted by Gasteiger charge is -2.23. The van der Waals surface area contributed by atoms with E-state index in [2.05, 4.69) is 10.2 Å². The first-order chi connectivity index (χ1) is 7.19. The van der Waals surface area contributed by atoms with Crippen LogP contribution >= 0.6 is 0 Å². The highest BCUT2D eigenvalue weighted by molar-refractivity contribution is 5.81. The highest BCUT2D eigenvalue weighted by Gasteiger charge is 2.28. The third-order valence-corrected chi connectivity index (χ3v) is 3.05. The van der Waals surface area contributed by atoms with Crippen molar-refractivity contribution in [3.63, 3.8) is 0 Å². The molecule has 2 unspecified atom stereocenters. The average molecular weight is 214 g/mol. The van der Waals surface area contributed by atoms with Gasteiger partial charge < -0.3 is 10.4 Å². The fourth-order valence-electron chi connectivity index (χ4n) is 1.93. The Morgan fingerprint density at radius 2 is 2.40 bits per heavy atom. The first-order valence-corrected chi connectivity index (χ1v) is 5.81. The number of carbonyl (C=O) groups excluding carboxylic acids is 1. The zero-order chi connectivity index (χ0) is 11.3. The second kappa shape index (κ2) is 6.08. The van der Waals surface area contributed by atoms with Gasteiger partial charge in [-0.15, -0.1) is 0 Å². The Labute approximate surface area is 91.6 Å². The molecule has 0 spiro atoms. The van der Waals surface area contributed by atoms with Gasteiger partial charge in [0.15, 0.2) is 0 Å². The minimum atomic E-state index is -0.0619. The number of aliphatic hydroxyl groups is 1. The molecule has 1 aliphatic heterocycles. The molecule has 4 heteroatoms. The molecule has 1 fully saturated rings. The van der Waals surface area contributed by atoms with Crippen molar-refractivity contribution in [3.8, 4) is 0 Å². The van der Waals surface area contributed by atoms with Crippen molar-refractivity contribution in [1.82, 2.24) is 10.2 Å². The molecule has 1 rings (SSSR count). The second-order valence-electron chi connectivity index (χ2n) is 4.30. The summed E-state index contributed by atoms with van der Waals surface area (Å²) in [6, 6.07) is -0.0619. The third-order valence-electron chi connectivity index (χ3n) is 3.05. The lowest BCUT2D eigenvalue weighted by atomic mass is 10.1. The molecule has 0 aromatic rings. The van der Waals surface area contributed by atoms with E-state index in [0.717, 1.165) is 32.5 Å². The Balaban J connectivity index is 2.33. The van der Waals surface area contributed by atoms with Crippen LogP contribution in [-0.4, -0.2) is 48.2 Å². The van der Waals surface area contributed by atoms with E-state index < -0.39 is 0 Å². The minimum absolute atomic E-state index is 0.0619. The molecule has 88 valence electrons. The Morgan fingerprint density at radius 1 is 1.67 bits per heavy atom. The topological polar surface area (TPSA) is 52.6 Å². The van der Waals surface area contributed by atoms with E-state index in [0.29, 0.717) is 5.92 Å². The molecule has 0 aromatic carbocycles. The summed E-state index contributed by atoms with van der Waals surface area (Å²) in [5.41, 5.74) is 0. The van der Waals surface area contributed by atoms with Crippen molar-refractivity contribution in [1.29, 1.82) is 0 Å². The van der Waals surface area contributed by atoms with Crippen molar-refractivity contribution in [2.24, 2.45) is 5.92 Å². The van der Waals surface area contributed by atoms with Crippen LogP contribution in [0.15, 0.2) is 0 Å². The molecule has 0 radical (unpaired) electrons. The standard InChI is InChI=1S/C11H22N2O2/c1-3-5-12-11(15)9(2)13-6-4-10(7-13)8-14/h9-10,14H,3-8H2,1-2H3,(H,12,15). The van der Waals surface area contributed by atoms with Gasteiger partial charge in [-0.3, -0.25) is 9.69 Å². The second-order valence-corrected chi connectivity index (χ2v) is 4.30. The van der Waals surface area contributed by atoms with E-state index in [4.69, 9.17) is 5.11 Å². The fourth-order valence-corrected chi connectivity index (χ4v) is 1.93. The number of carbonyl (C=O) groups is 1. The molecule has 2 atom stereocenters. The minimum Gasteiger partial charge on any atom is -0.396 e. The van der Waals surface area contributed by atoms with E-state index in [9.17, 15) is 4.79 Å². The van der Waals surface area contributed by atoms with Crippen molar-refractivity contribution in [3.05, 3.63) is 0 Å². The number of likely N-dealkylation sites (tertiary alicyclic amines) is 1. The first-order valence-electron chi connectivity index (χ1n) is 5.81. The summed E-state index contributed by atoms with van der Waals surface area (Å²) in [4.78, 5) is 13.8. The molecule has 1 heterocycles. The Bertz CT molecular complexity index is 209. The molecule has 15 heavy (non-hydrogen) atoms. The van der Waals surface area contributed by atoms with Crippen molar-refractivity contribution >= 4 is 5.91 Å². The smallest absolute Gasteiger partial charge is 0.237 e. The van der Waals surface area contributed by atoms with E-state index in [1.165, 1.54) is 0 Å². The SMILES string of the molecule is CCCNC(=O)C(C)N1CCC(CO)C1. The number of hydrogen-bond donors (Lipinski definition) is 2. The summed E-state index contributed by atoms with van der Waals surface area (Å²) in [5.74, 6) is 0.460. The van der Waals surface area contributed by atoms with Crippen LogP contribution in [0.5, 0.6) is 0 Å². The quantitative estimate of drug-likeness (QED) is 0.688. The molecule has 0 aromatic heterocycles. The van der Waals surface area contributed by atoms with Gasteiger partial charge in [0.1, 0.15) is 0 Å². The number of rotatable bonds is 5. The maximum absolute atomic E-state index is 11.7. The average Bonchev–Trinajstić information content (AvgIpc) is 2.73. The number of nitrogens with one attached hydrogen (secondary N) is 1. The number of amides is 1. The molecular weight excluding hydrogens is 192 g/mol. The van der Waals surface area contributed by atoms with Crippen LogP contribution in [0.3, 0.4) is 0 Å². The molecule has 2 N–H and O–H groups in total. The molecule has 0 aliphatic carbocycles. The lowest BCUT2D eigenvalue weighted by molar-refractivity contribution is -0.125. The molecule has 0 saturated carbocycles. The first kappa shape index (κ1) is 12.5. The van der Waals surface area contributed by atoms with Crippen LogP contribution in [0.4, 0.5) is 0 Å². The lowest BCUT2D eigenvalue weighted by Crippen LogP contribution is -2.44. The summed E-state index contributed by atoms with van der Waals surface area (Å²) < 4.78 is 0. The van der Waals surface area contributed by atoms with Crippen molar-refractivity contribution in [2.45, 2.75) is 32.7 Å². The summed E-state index contributed by atoms with van der Waals surface area (Å²) in [7, 11) is 0. The molecule has 1 saturated heterocycles. The van der Waals surface area contributed by atoms with Gasteiger partial charge in [-0.2, -0.15) is 0 Å². The fraction of sp³-hybridized carbons (Fsp3) is 0.909. The molecular formula is C11H22N2O2. The van der Waals surface area contributed by atoms with Crippen LogP contribution in [0.1, 0.15) is 26.7 Å². The van der Waals surface area contributed by atoms with Gasteiger partial charge in [0.05, 0.1) is 6.04 Å². The van der Waals surface area contributed by atoms with Gasteiger partial charge in [0, 0.05) is 19.7 Å². The Kier molecular flexibility index (Phi) is 5.05. The van der Waals surface area contributed by atoms with Crippen LogP contribution in [0, 0.1) is 5.92 Å². The summed E-state index contributed by atoms with van der Waals surface area (Å²) in [6.07, 6.45) is 1.97. The van der Waals surface area contributed by atoms with E-state index >= 15 is 0 Å². The molecule has 1 aliphatic rings. The van der Waals surface area contributed by atoms with Gasteiger partial charge in [-0.05, 0) is 32.2 Å². The largest absolute Gasteiger partial charge is 0.396 e. The van der Waals surface area contributed by atoms with E-state index in [1.54, 1.807) is 0 Å². The molecule has 4 nitrogen and oxygen atoms in total. The van der Waals surface area contributed by atoms with Crippen LogP contribution in [0.25, 0.3) is 0 Å². The predicted molar refractivity (Wildman–Crippen MR) is 59.5 cm³/mol. The molecule has 1 amide bonds. The zero-order valence-electron chi connectivity index (χ0n) is 9.70. The van der Waals surface area contributed by atoms with Crippen LogP contribution < -0.4 is 5.32 Å².